The van der Waals surface area contributed by atoms with Crippen LogP contribution in [0.5, 0.6) is 0 Å². The van der Waals surface area contributed by atoms with E-state index in [1.165, 1.54) is 11.3 Å². The van der Waals surface area contributed by atoms with E-state index in [-0.39, 0.29) is 5.41 Å². The van der Waals surface area contributed by atoms with Gasteiger partial charge in [0.2, 0.25) is 5.91 Å². The molecule has 1 aromatic rings. The summed E-state index contributed by atoms with van der Waals surface area (Å²) in [4.78, 5) is 16.2. The molecule has 6 heteroatoms. The molecule has 1 saturated carbocycles. The number of likely N-dealkylation sites (N-methyl/N-ethyl adjacent to an activating group) is 2. The van der Waals surface area contributed by atoms with Crippen molar-refractivity contribution < 1.29 is 4.79 Å². The third kappa shape index (κ3) is 3.64. The average molecular weight is 333 g/mol. The fourth-order valence-electron chi connectivity index (χ4n) is 4.42. The number of hydrogen-bond donors (Lipinski definition) is 2. The van der Waals surface area contributed by atoms with Gasteiger partial charge >= 0.3 is 0 Å². The third-order valence-electron chi connectivity index (χ3n) is 5.89. The first kappa shape index (κ1) is 17.4. The van der Waals surface area contributed by atoms with E-state index in [2.05, 4.69) is 33.7 Å². The Bertz CT molecular complexity index is 562. The number of carbonyl (C=O) groups excluding carboxylic acids is 1. The van der Waals surface area contributed by atoms with Crippen LogP contribution in [0.1, 0.15) is 49.3 Å². The number of aromatic amines is 1. The minimum absolute atomic E-state index is 0.238. The van der Waals surface area contributed by atoms with Gasteiger partial charge in [0.05, 0.1) is 5.69 Å². The summed E-state index contributed by atoms with van der Waals surface area (Å²) in [6, 6.07) is 0. The summed E-state index contributed by atoms with van der Waals surface area (Å²) in [5.74, 6) is 0.857. The SMILES string of the molecule is CNCCN(C)Cc1c[nH]nc1C1CCC2(CC1)CC(=O)N(C)C2. The highest BCUT2D eigenvalue weighted by Gasteiger charge is 2.44. The van der Waals surface area contributed by atoms with Gasteiger partial charge in [-0.1, -0.05) is 0 Å². The van der Waals surface area contributed by atoms with Crippen LogP contribution in [-0.2, 0) is 11.3 Å². The summed E-state index contributed by atoms with van der Waals surface area (Å²) in [7, 11) is 6.08. The van der Waals surface area contributed by atoms with E-state index >= 15 is 0 Å². The van der Waals surface area contributed by atoms with Gasteiger partial charge in [0.15, 0.2) is 0 Å². The van der Waals surface area contributed by atoms with Crippen molar-refractivity contribution in [1.82, 2.24) is 25.3 Å². The Labute approximate surface area is 145 Å². The minimum Gasteiger partial charge on any atom is -0.345 e. The normalized spacial score (nSPS) is 27.6. The lowest BCUT2D eigenvalue weighted by Crippen LogP contribution is -2.30. The molecule has 2 aliphatic rings. The molecular weight excluding hydrogens is 302 g/mol. The molecule has 0 radical (unpaired) electrons. The predicted octanol–water partition coefficient (Wildman–Crippen LogP) is 1.57. The highest BCUT2D eigenvalue weighted by atomic mass is 16.2. The van der Waals surface area contributed by atoms with Crippen LogP contribution in [0.15, 0.2) is 6.20 Å². The Morgan fingerprint density at radius 1 is 1.46 bits per heavy atom. The van der Waals surface area contributed by atoms with Gasteiger partial charge in [-0.05, 0) is 45.2 Å². The fourth-order valence-corrected chi connectivity index (χ4v) is 4.42. The van der Waals surface area contributed by atoms with E-state index in [4.69, 9.17) is 0 Å². The molecule has 134 valence electrons. The number of nitrogens with one attached hydrogen (secondary N) is 2. The number of carbonyl (C=O) groups is 1. The number of aromatic nitrogens is 2. The van der Waals surface area contributed by atoms with Crippen LogP contribution in [0.4, 0.5) is 0 Å². The molecule has 0 aromatic carbocycles. The molecule has 24 heavy (non-hydrogen) atoms. The maximum Gasteiger partial charge on any atom is 0.222 e. The van der Waals surface area contributed by atoms with E-state index in [9.17, 15) is 4.79 Å². The van der Waals surface area contributed by atoms with Gasteiger partial charge in [0.1, 0.15) is 0 Å². The van der Waals surface area contributed by atoms with Crippen LogP contribution in [-0.4, -0.2) is 66.7 Å². The third-order valence-corrected chi connectivity index (χ3v) is 5.89. The summed E-state index contributed by atoms with van der Waals surface area (Å²) in [6.45, 7) is 3.91. The number of likely N-dealkylation sites (tertiary alicyclic amines) is 1. The van der Waals surface area contributed by atoms with Crippen molar-refractivity contribution in [2.45, 2.75) is 44.6 Å². The largest absolute Gasteiger partial charge is 0.345 e. The molecule has 6 nitrogen and oxygen atoms in total. The van der Waals surface area contributed by atoms with Crippen molar-refractivity contribution in [2.24, 2.45) is 5.41 Å². The summed E-state index contributed by atoms with van der Waals surface area (Å²) < 4.78 is 0. The Hall–Kier alpha value is -1.40. The Balaban J connectivity index is 1.59. The summed E-state index contributed by atoms with van der Waals surface area (Å²) >= 11 is 0. The van der Waals surface area contributed by atoms with Crippen LogP contribution in [0, 0.1) is 5.41 Å². The zero-order valence-electron chi connectivity index (χ0n) is 15.3. The van der Waals surface area contributed by atoms with Crippen LogP contribution in [0.25, 0.3) is 0 Å². The predicted molar refractivity (Wildman–Crippen MR) is 94.7 cm³/mol. The van der Waals surface area contributed by atoms with Crippen molar-refractivity contribution in [3.63, 3.8) is 0 Å². The fraction of sp³-hybridized carbons (Fsp3) is 0.778. The van der Waals surface area contributed by atoms with Gasteiger partial charge in [-0.3, -0.25) is 9.89 Å². The van der Waals surface area contributed by atoms with Gasteiger partial charge in [0.25, 0.3) is 0 Å². The smallest absolute Gasteiger partial charge is 0.222 e. The zero-order valence-corrected chi connectivity index (χ0v) is 15.3. The second-order valence-electron chi connectivity index (χ2n) is 7.84. The summed E-state index contributed by atoms with van der Waals surface area (Å²) in [6.07, 6.45) is 7.41. The molecule has 1 aliphatic carbocycles. The molecule has 1 aromatic heterocycles. The lowest BCUT2D eigenvalue weighted by atomic mass is 9.69. The first-order valence-electron chi connectivity index (χ1n) is 9.13. The van der Waals surface area contributed by atoms with Crippen molar-refractivity contribution in [3.05, 3.63) is 17.5 Å². The van der Waals surface area contributed by atoms with Crippen LogP contribution < -0.4 is 5.32 Å². The number of amides is 1. The zero-order chi connectivity index (χ0) is 17.2. The molecule has 2 fully saturated rings. The Morgan fingerprint density at radius 2 is 2.21 bits per heavy atom. The van der Waals surface area contributed by atoms with Crippen molar-refractivity contribution in [3.8, 4) is 0 Å². The first-order chi connectivity index (χ1) is 11.5. The number of rotatable bonds is 6. The van der Waals surface area contributed by atoms with Gasteiger partial charge < -0.3 is 15.1 Å². The van der Waals surface area contributed by atoms with Crippen LogP contribution in [0.3, 0.4) is 0 Å². The van der Waals surface area contributed by atoms with Gasteiger partial charge in [-0.15, -0.1) is 0 Å². The summed E-state index contributed by atoms with van der Waals surface area (Å²) in [5, 5.41) is 10.8. The van der Waals surface area contributed by atoms with E-state index in [1.807, 2.05) is 19.0 Å². The number of nitrogens with zero attached hydrogens (tertiary/aromatic N) is 3. The van der Waals surface area contributed by atoms with Crippen molar-refractivity contribution in [2.75, 3.05) is 40.8 Å². The number of H-pyrrole nitrogens is 1. The second-order valence-corrected chi connectivity index (χ2v) is 7.84. The highest BCUT2D eigenvalue weighted by Crippen LogP contribution is 2.48. The molecule has 1 aliphatic heterocycles. The second kappa shape index (κ2) is 7.23. The quantitative estimate of drug-likeness (QED) is 0.829. The van der Waals surface area contributed by atoms with Crippen LogP contribution >= 0.6 is 0 Å². The topological polar surface area (TPSA) is 64.3 Å². The molecule has 2 heterocycles. The molecule has 0 bridgehead atoms. The number of hydrogen-bond acceptors (Lipinski definition) is 4. The summed E-state index contributed by atoms with van der Waals surface area (Å²) in [5.41, 5.74) is 2.82. The van der Waals surface area contributed by atoms with Gasteiger partial charge in [-0.2, -0.15) is 5.10 Å². The Morgan fingerprint density at radius 3 is 2.83 bits per heavy atom. The molecule has 0 unspecified atom stereocenters. The first-order valence-corrected chi connectivity index (χ1v) is 9.13. The van der Waals surface area contributed by atoms with Crippen molar-refractivity contribution >= 4 is 5.91 Å². The standard InChI is InChI=1S/C18H31N5O/c1-19-8-9-22(2)12-15-11-20-21-17(15)14-4-6-18(7-5-14)10-16(24)23(3)13-18/h11,14,19H,4-10,12-13H2,1-3H3,(H,20,21). The molecule has 1 amide bonds. The molecule has 1 saturated heterocycles. The van der Waals surface area contributed by atoms with Gasteiger partial charge in [-0.25, -0.2) is 0 Å². The van der Waals surface area contributed by atoms with E-state index < -0.39 is 0 Å². The maximum absolute atomic E-state index is 11.9. The molecular formula is C18H31N5O. The maximum atomic E-state index is 11.9. The van der Waals surface area contributed by atoms with Gasteiger partial charge in [0, 0.05) is 57.3 Å². The van der Waals surface area contributed by atoms with E-state index in [1.54, 1.807) is 0 Å². The lowest BCUT2D eigenvalue weighted by molar-refractivity contribution is -0.126. The molecule has 0 atom stereocenters. The molecule has 1 spiro atoms. The lowest BCUT2D eigenvalue weighted by Gasteiger charge is -2.36. The van der Waals surface area contributed by atoms with E-state index in [0.29, 0.717) is 11.8 Å². The molecule has 2 N–H and O–H groups in total. The Kier molecular flexibility index (Phi) is 5.25. The van der Waals surface area contributed by atoms with Crippen LogP contribution in [0.2, 0.25) is 0 Å². The van der Waals surface area contributed by atoms with E-state index in [0.717, 1.165) is 58.3 Å². The monoisotopic (exact) mass is 333 g/mol. The molecule has 3 rings (SSSR count). The average Bonchev–Trinajstić information content (AvgIpc) is 3.11. The minimum atomic E-state index is 0.238. The van der Waals surface area contributed by atoms with Crippen molar-refractivity contribution in [1.29, 1.82) is 0 Å². The highest BCUT2D eigenvalue weighted by molar-refractivity contribution is 5.79.